The number of hydrogen-bond acceptors (Lipinski definition) is 2. The van der Waals surface area contributed by atoms with Gasteiger partial charge in [-0.05, 0) is 23.6 Å². The maximum absolute atomic E-state index is 9.07. The van der Waals surface area contributed by atoms with E-state index in [2.05, 4.69) is 18.9 Å². The summed E-state index contributed by atoms with van der Waals surface area (Å²) in [5.41, 5.74) is 1.88. The molecule has 1 N–H and O–H groups in total. The smallest absolute Gasteiger partial charge is 0.158 e. The van der Waals surface area contributed by atoms with Crippen LogP contribution in [0.5, 0.6) is 0 Å². The van der Waals surface area contributed by atoms with Crippen molar-refractivity contribution >= 4 is 22.5 Å². The summed E-state index contributed by atoms with van der Waals surface area (Å²) in [6, 6.07) is 5.75. The van der Waals surface area contributed by atoms with Gasteiger partial charge in [-0.3, -0.25) is 4.68 Å². The van der Waals surface area contributed by atoms with Gasteiger partial charge in [0.15, 0.2) is 5.15 Å². The molecule has 2 rings (SSSR count). The molecular weight excluding hydrogens is 224 g/mol. The van der Waals surface area contributed by atoms with Gasteiger partial charge in [-0.15, -0.1) is 0 Å². The van der Waals surface area contributed by atoms with Gasteiger partial charge in [-0.25, -0.2) is 0 Å². The number of hydrogen-bond donors (Lipinski definition) is 1. The van der Waals surface area contributed by atoms with Crippen molar-refractivity contribution in [3.05, 3.63) is 28.9 Å². The van der Waals surface area contributed by atoms with Gasteiger partial charge in [0.05, 0.1) is 12.1 Å². The van der Waals surface area contributed by atoms with Crippen molar-refractivity contribution < 1.29 is 5.11 Å². The Labute approximate surface area is 99.6 Å². The molecule has 3 nitrogen and oxygen atoms in total. The van der Waals surface area contributed by atoms with Crippen molar-refractivity contribution in [1.82, 2.24) is 9.78 Å². The third-order valence-electron chi connectivity index (χ3n) is 2.49. The van der Waals surface area contributed by atoms with E-state index in [-0.39, 0.29) is 6.61 Å². The van der Waals surface area contributed by atoms with Crippen LogP contribution in [-0.2, 0) is 13.2 Å². The Morgan fingerprint density at radius 2 is 2.19 bits per heavy atom. The van der Waals surface area contributed by atoms with E-state index in [0.29, 0.717) is 11.1 Å². The topological polar surface area (TPSA) is 38.0 Å². The Kier molecular flexibility index (Phi) is 3.17. The van der Waals surface area contributed by atoms with E-state index in [1.807, 2.05) is 22.9 Å². The molecule has 16 heavy (non-hydrogen) atoms. The largest absolute Gasteiger partial charge is 0.392 e. The van der Waals surface area contributed by atoms with Crippen molar-refractivity contribution in [1.29, 1.82) is 0 Å². The van der Waals surface area contributed by atoms with Crippen LogP contribution in [0.3, 0.4) is 0 Å². The summed E-state index contributed by atoms with van der Waals surface area (Å²) >= 11 is 6.08. The summed E-state index contributed by atoms with van der Waals surface area (Å²) in [7, 11) is 0. The van der Waals surface area contributed by atoms with Crippen LogP contribution in [0.1, 0.15) is 19.4 Å². The minimum Gasteiger partial charge on any atom is -0.392 e. The maximum Gasteiger partial charge on any atom is 0.158 e. The van der Waals surface area contributed by atoms with Crippen molar-refractivity contribution in [2.45, 2.75) is 27.0 Å². The number of fused-ring (bicyclic) bond motifs is 1. The second kappa shape index (κ2) is 4.44. The van der Waals surface area contributed by atoms with E-state index in [1.54, 1.807) is 0 Å². The normalized spacial score (nSPS) is 11.6. The van der Waals surface area contributed by atoms with Crippen LogP contribution in [0.4, 0.5) is 0 Å². The first kappa shape index (κ1) is 11.4. The maximum atomic E-state index is 9.07. The number of nitrogens with zero attached hydrogens (tertiary/aromatic N) is 2. The van der Waals surface area contributed by atoms with E-state index >= 15 is 0 Å². The van der Waals surface area contributed by atoms with Crippen LogP contribution < -0.4 is 0 Å². The van der Waals surface area contributed by atoms with E-state index in [4.69, 9.17) is 16.7 Å². The quantitative estimate of drug-likeness (QED) is 0.893. The van der Waals surface area contributed by atoms with E-state index in [9.17, 15) is 0 Å². The highest BCUT2D eigenvalue weighted by Gasteiger charge is 2.10. The second-order valence-electron chi connectivity index (χ2n) is 4.38. The summed E-state index contributed by atoms with van der Waals surface area (Å²) in [5, 5.41) is 14.8. The summed E-state index contributed by atoms with van der Waals surface area (Å²) in [6.07, 6.45) is 0. The van der Waals surface area contributed by atoms with Crippen LogP contribution in [0, 0.1) is 5.92 Å². The molecule has 0 bridgehead atoms. The number of halogens is 1. The molecule has 0 fully saturated rings. The van der Waals surface area contributed by atoms with Gasteiger partial charge in [0.25, 0.3) is 0 Å². The van der Waals surface area contributed by atoms with Crippen LogP contribution in [-0.4, -0.2) is 14.9 Å². The zero-order chi connectivity index (χ0) is 11.7. The molecule has 0 atom stereocenters. The van der Waals surface area contributed by atoms with Crippen LogP contribution in [0.2, 0.25) is 5.15 Å². The molecule has 1 aromatic carbocycles. The van der Waals surface area contributed by atoms with Crippen molar-refractivity contribution in [2.75, 3.05) is 0 Å². The predicted octanol–water partition coefficient (Wildman–Crippen LogP) is 2.84. The number of aromatic nitrogens is 2. The minimum absolute atomic E-state index is 0.0294. The molecule has 0 saturated heterocycles. The predicted molar refractivity (Wildman–Crippen MR) is 65.5 cm³/mol. The van der Waals surface area contributed by atoms with E-state index < -0.39 is 0 Å². The molecule has 0 saturated carbocycles. The Bertz CT molecular complexity index is 505. The average molecular weight is 239 g/mol. The molecule has 0 aliphatic carbocycles. The molecule has 0 unspecified atom stereocenters. The lowest BCUT2D eigenvalue weighted by Gasteiger charge is -2.06. The fourth-order valence-corrected chi connectivity index (χ4v) is 2.01. The molecule has 0 amide bonds. The van der Waals surface area contributed by atoms with Gasteiger partial charge in [0.1, 0.15) is 0 Å². The van der Waals surface area contributed by atoms with Crippen LogP contribution >= 0.6 is 11.6 Å². The number of rotatable bonds is 3. The number of benzene rings is 1. The fraction of sp³-hybridized carbons (Fsp3) is 0.417. The standard InChI is InChI=1S/C12H15ClN2O/c1-8(2)6-15-11-4-3-9(7-16)5-10(11)12(13)14-15/h3-5,8,16H,6-7H2,1-2H3. The van der Waals surface area contributed by atoms with Gasteiger partial charge in [-0.2, -0.15) is 5.10 Å². The van der Waals surface area contributed by atoms with E-state index in [1.165, 1.54) is 0 Å². The molecule has 4 heteroatoms. The fourth-order valence-electron chi connectivity index (χ4n) is 1.77. The molecule has 1 aromatic heterocycles. The zero-order valence-electron chi connectivity index (χ0n) is 9.44. The summed E-state index contributed by atoms with van der Waals surface area (Å²) in [5.74, 6) is 0.525. The molecule has 86 valence electrons. The summed E-state index contributed by atoms with van der Waals surface area (Å²) in [4.78, 5) is 0. The number of aliphatic hydroxyl groups is 1. The molecular formula is C12H15ClN2O. The Hall–Kier alpha value is -1.06. The molecule has 2 aromatic rings. The molecule has 0 aliphatic heterocycles. The highest BCUT2D eigenvalue weighted by Crippen LogP contribution is 2.24. The lowest BCUT2D eigenvalue weighted by Crippen LogP contribution is -2.05. The summed E-state index contributed by atoms with van der Waals surface area (Å²) in [6.45, 7) is 5.16. The lowest BCUT2D eigenvalue weighted by atomic mass is 10.1. The SMILES string of the molecule is CC(C)Cn1nc(Cl)c2cc(CO)ccc21. The van der Waals surface area contributed by atoms with Gasteiger partial charge in [0, 0.05) is 11.9 Å². The third kappa shape index (κ3) is 2.06. The average Bonchev–Trinajstić information content (AvgIpc) is 2.54. The highest BCUT2D eigenvalue weighted by molar-refractivity contribution is 6.34. The highest BCUT2D eigenvalue weighted by atomic mass is 35.5. The number of aliphatic hydroxyl groups excluding tert-OH is 1. The van der Waals surface area contributed by atoms with E-state index in [0.717, 1.165) is 23.0 Å². The third-order valence-corrected chi connectivity index (χ3v) is 2.77. The monoisotopic (exact) mass is 238 g/mol. The van der Waals surface area contributed by atoms with Crippen LogP contribution in [0.25, 0.3) is 10.9 Å². The van der Waals surface area contributed by atoms with Crippen molar-refractivity contribution in [3.63, 3.8) is 0 Å². The minimum atomic E-state index is 0.0294. The Morgan fingerprint density at radius 3 is 2.81 bits per heavy atom. The first-order chi connectivity index (χ1) is 7.61. The molecule has 0 radical (unpaired) electrons. The van der Waals surface area contributed by atoms with Gasteiger partial charge >= 0.3 is 0 Å². The van der Waals surface area contributed by atoms with Crippen molar-refractivity contribution in [3.8, 4) is 0 Å². The molecule has 1 heterocycles. The Balaban J connectivity index is 2.53. The first-order valence-corrected chi connectivity index (χ1v) is 5.75. The molecule has 0 spiro atoms. The van der Waals surface area contributed by atoms with Crippen molar-refractivity contribution in [2.24, 2.45) is 5.92 Å². The zero-order valence-corrected chi connectivity index (χ0v) is 10.2. The van der Waals surface area contributed by atoms with Crippen LogP contribution in [0.15, 0.2) is 18.2 Å². The lowest BCUT2D eigenvalue weighted by molar-refractivity contribution is 0.282. The van der Waals surface area contributed by atoms with Gasteiger partial charge < -0.3 is 5.11 Å². The van der Waals surface area contributed by atoms with Gasteiger partial charge in [-0.1, -0.05) is 31.5 Å². The molecule has 0 aliphatic rings. The second-order valence-corrected chi connectivity index (χ2v) is 4.73. The Morgan fingerprint density at radius 1 is 1.44 bits per heavy atom. The summed E-state index contributed by atoms with van der Waals surface area (Å²) < 4.78 is 1.92. The first-order valence-electron chi connectivity index (χ1n) is 5.37. The van der Waals surface area contributed by atoms with Gasteiger partial charge in [0.2, 0.25) is 0 Å².